The van der Waals surface area contributed by atoms with Crippen LogP contribution in [0, 0.1) is 11.3 Å². The van der Waals surface area contributed by atoms with Gasteiger partial charge < -0.3 is 4.74 Å². The van der Waals surface area contributed by atoms with Crippen molar-refractivity contribution in [3.8, 4) is 0 Å². The second-order valence-electron chi connectivity index (χ2n) is 5.31. The molecule has 88 valence electrons. The van der Waals surface area contributed by atoms with Crippen LogP contribution in [0.5, 0.6) is 0 Å². The maximum Gasteiger partial charge on any atom is 0.168 e. The highest BCUT2D eigenvalue weighted by Crippen LogP contribution is 2.58. The Kier molecular flexibility index (Phi) is 1.79. The lowest BCUT2D eigenvalue weighted by Crippen LogP contribution is -2.51. The first-order valence-corrected chi connectivity index (χ1v) is 5.69. The topological polar surface area (TPSA) is 43.4 Å². The van der Waals surface area contributed by atoms with Gasteiger partial charge in [0, 0.05) is 0 Å². The first kappa shape index (κ1) is 10.7. The Hall–Kier alpha value is -1.48. The van der Waals surface area contributed by atoms with Crippen molar-refractivity contribution < 1.29 is 14.3 Å². The smallest absolute Gasteiger partial charge is 0.168 e. The molecule has 0 N–H and O–H groups in total. The van der Waals surface area contributed by atoms with E-state index in [1.54, 1.807) is 6.92 Å². The summed E-state index contributed by atoms with van der Waals surface area (Å²) in [5.41, 5.74) is 1.28. The highest BCUT2D eigenvalue weighted by atomic mass is 16.5. The van der Waals surface area contributed by atoms with Gasteiger partial charge in [0.05, 0.1) is 23.5 Å². The third-order valence-electron chi connectivity index (χ3n) is 4.36. The summed E-state index contributed by atoms with van der Waals surface area (Å²) in [5.74, 6) is -0.435. The molecule has 2 saturated heterocycles. The second kappa shape index (κ2) is 2.85. The molecule has 0 amide bonds. The minimum Gasteiger partial charge on any atom is -0.364 e. The van der Waals surface area contributed by atoms with Crippen LogP contribution in [-0.2, 0) is 14.3 Å². The first-order valence-electron chi connectivity index (χ1n) is 5.69. The second-order valence-corrected chi connectivity index (χ2v) is 5.31. The van der Waals surface area contributed by atoms with Crippen LogP contribution in [0.3, 0.4) is 0 Å². The van der Waals surface area contributed by atoms with Crippen LogP contribution in [0.15, 0.2) is 36.0 Å². The van der Waals surface area contributed by atoms with Gasteiger partial charge in [0.2, 0.25) is 0 Å². The fourth-order valence-corrected chi connectivity index (χ4v) is 3.42. The Balaban J connectivity index is 2.22. The van der Waals surface area contributed by atoms with E-state index in [0.29, 0.717) is 5.57 Å². The van der Waals surface area contributed by atoms with Crippen LogP contribution in [0.4, 0.5) is 0 Å². The number of Topliss-reactive ketones (excluding diaryl/α,β-unsaturated/α-hetero) is 1. The number of rotatable bonds is 0. The molecule has 0 aromatic heterocycles. The van der Waals surface area contributed by atoms with Gasteiger partial charge in [0.25, 0.3) is 0 Å². The molecule has 2 heterocycles. The maximum atomic E-state index is 12.3. The van der Waals surface area contributed by atoms with E-state index in [1.165, 1.54) is 6.08 Å². The third kappa shape index (κ3) is 0.967. The number of hydrogen-bond acceptors (Lipinski definition) is 3. The van der Waals surface area contributed by atoms with Gasteiger partial charge in [-0.2, -0.15) is 0 Å². The molecule has 2 bridgehead atoms. The normalized spacial score (nSPS) is 44.1. The molecule has 0 aromatic carbocycles. The van der Waals surface area contributed by atoms with E-state index in [4.69, 9.17) is 4.74 Å². The molecule has 0 unspecified atom stereocenters. The molecule has 0 radical (unpaired) electrons. The van der Waals surface area contributed by atoms with Crippen molar-refractivity contribution in [2.75, 3.05) is 0 Å². The van der Waals surface area contributed by atoms with E-state index in [2.05, 4.69) is 13.2 Å². The van der Waals surface area contributed by atoms with Crippen molar-refractivity contribution in [2.24, 2.45) is 11.3 Å². The van der Waals surface area contributed by atoms with Crippen LogP contribution >= 0.6 is 0 Å². The molecule has 17 heavy (non-hydrogen) atoms. The largest absolute Gasteiger partial charge is 0.364 e. The van der Waals surface area contributed by atoms with Crippen molar-refractivity contribution >= 4 is 11.6 Å². The lowest BCUT2D eigenvalue weighted by Gasteiger charge is -2.39. The molecule has 2 aliphatic heterocycles. The zero-order valence-corrected chi connectivity index (χ0v) is 9.95. The van der Waals surface area contributed by atoms with Gasteiger partial charge in [0.15, 0.2) is 11.6 Å². The van der Waals surface area contributed by atoms with Crippen molar-refractivity contribution in [1.29, 1.82) is 0 Å². The van der Waals surface area contributed by atoms with Gasteiger partial charge in [-0.1, -0.05) is 13.2 Å². The summed E-state index contributed by atoms with van der Waals surface area (Å²) in [7, 11) is 0. The average Bonchev–Trinajstić information content (AvgIpc) is 2.72. The lowest BCUT2D eigenvalue weighted by molar-refractivity contribution is -0.135. The summed E-state index contributed by atoms with van der Waals surface area (Å²) in [6.07, 6.45) is 0.692. The fraction of sp³-hybridized carbons (Fsp3) is 0.429. The Bertz CT molecular complexity index is 526. The zero-order chi connectivity index (χ0) is 12.5. The number of carbonyl (C=O) groups is 2. The summed E-state index contributed by atoms with van der Waals surface area (Å²) in [4.78, 5) is 24.4. The maximum absolute atomic E-state index is 12.3. The van der Waals surface area contributed by atoms with E-state index >= 15 is 0 Å². The molecule has 3 heteroatoms. The molecule has 0 spiro atoms. The zero-order valence-electron chi connectivity index (χ0n) is 9.95. The summed E-state index contributed by atoms with van der Waals surface area (Å²) < 4.78 is 5.76. The molecule has 0 aromatic rings. The van der Waals surface area contributed by atoms with Gasteiger partial charge in [-0.05, 0) is 36.6 Å². The highest BCUT2D eigenvalue weighted by molar-refractivity contribution is 6.14. The van der Waals surface area contributed by atoms with Crippen molar-refractivity contribution in [3.05, 3.63) is 36.0 Å². The molecular formula is C14H14O3. The van der Waals surface area contributed by atoms with Crippen molar-refractivity contribution in [1.82, 2.24) is 0 Å². The molecule has 3 rings (SSSR count). The van der Waals surface area contributed by atoms with Crippen LogP contribution < -0.4 is 0 Å². The van der Waals surface area contributed by atoms with Gasteiger partial charge >= 0.3 is 0 Å². The van der Waals surface area contributed by atoms with Gasteiger partial charge in [-0.15, -0.1) is 0 Å². The molecule has 1 aliphatic carbocycles. The van der Waals surface area contributed by atoms with Crippen LogP contribution in [0.1, 0.15) is 13.8 Å². The molecule has 0 saturated carbocycles. The number of allylic oxidation sites excluding steroid dienone is 2. The average molecular weight is 230 g/mol. The van der Waals surface area contributed by atoms with E-state index in [1.807, 2.05) is 6.92 Å². The molecule has 4 atom stereocenters. The number of carbonyl (C=O) groups excluding carboxylic acids is 2. The van der Waals surface area contributed by atoms with Crippen molar-refractivity contribution in [3.63, 3.8) is 0 Å². The van der Waals surface area contributed by atoms with Crippen LogP contribution in [0.25, 0.3) is 0 Å². The highest BCUT2D eigenvalue weighted by Gasteiger charge is 2.66. The van der Waals surface area contributed by atoms with E-state index in [0.717, 1.165) is 11.1 Å². The van der Waals surface area contributed by atoms with Gasteiger partial charge in [-0.25, -0.2) is 0 Å². The van der Waals surface area contributed by atoms with E-state index in [9.17, 15) is 9.59 Å². The predicted octanol–water partition coefficient (Wildman–Crippen LogP) is 1.60. The van der Waals surface area contributed by atoms with Crippen LogP contribution in [0.2, 0.25) is 0 Å². The number of ketones is 2. The molecule has 3 aliphatic rings. The summed E-state index contributed by atoms with van der Waals surface area (Å²) in [6, 6.07) is 0. The van der Waals surface area contributed by atoms with Gasteiger partial charge in [-0.3, -0.25) is 9.59 Å². The van der Waals surface area contributed by atoms with Gasteiger partial charge in [0.1, 0.15) is 0 Å². The lowest BCUT2D eigenvalue weighted by atomic mass is 9.58. The Morgan fingerprint density at radius 1 is 1.29 bits per heavy atom. The van der Waals surface area contributed by atoms with Crippen molar-refractivity contribution in [2.45, 2.75) is 26.1 Å². The van der Waals surface area contributed by atoms with E-state index < -0.39 is 11.3 Å². The van der Waals surface area contributed by atoms with E-state index in [-0.39, 0.29) is 23.8 Å². The Morgan fingerprint density at radius 2 is 1.94 bits per heavy atom. The predicted molar refractivity (Wildman–Crippen MR) is 62.3 cm³/mol. The molecular weight excluding hydrogens is 216 g/mol. The first-order chi connectivity index (χ1) is 7.89. The Labute approximate surface area is 99.8 Å². The molecule has 3 nitrogen and oxygen atoms in total. The number of hydrogen-bond donors (Lipinski definition) is 0. The number of ether oxygens (including phenoxy) is 1. The minimum atomic E-state index is -0.779. The molecule has 2 fully saturated rings. The summed E-state index contributed by atoms with van der Waals surface area (Å²) in [5, 5.41) is 0. The minimum absolute atomic E-state index is 0.00301. The fourth-order valence-electron chi connectivity index (χ4n) is 3.42. The Morgan fingerprint density at radius 3 is 2.59 bits per heavy atom. The summed E-state index contributed by atoms with van der Waals surface area (Å²) in [6.45, 7) is 11.3. The SMILES string of the molecule is C=C1C(=C)[C@@H]2O[C@H]1[C@H]1C(=O)C=C(C)C(=O)[C@]12C. The van der Waals surface area contributed by atoms with Crippen LogP contribution in [-0.4, -0.2) is 23.8 Å². The number of fused-ring (bicyclic) bond motifs is 5. The third-order valence-corrected chi connectivity index (χ3v) is 4.36. The quantitative estimate of drug-likeness (QED) is 0.635. The summed E-state index contributed by atoms with van der Waals surface area (Å²) >= 11 is 0. The standard InChI is InChI=1S/C14H14O3/c1-6-5-9(15)10-11-7(2)8(3)13(17-11)14(10,4)12(6)16/h5,10-11,13H,2-3H2,1,4H3/t10-,11-,13+,14+/m1/s1. The monoisotopic (exact) mass is 230 g/mol.